The number of benzene rings is 1. The average Bonchev–Trinajstić information content (AvgIpc) is 2.61. The Morgan fingerprint density at radius 3 is 2.50 bits per heavy atom. The third-order valence-corrected chi connectivity index (χ3v) is 4.10. The second-order valence-corrected chi connectivity index (χ2v) is 6.08. The molecule has 2 atom stereocenters. The maximum atomic E-state index is 11.6. The molecule has 5 heteroatoms. The molecule has 1 N–H and O–H groups in total. The number of hydrogen-bond acceptors (Lipinski definition) is 3. The first-order chi connectivity index (χ1) is 7.48. The fourth-order valence-electron chi connectivity index (χ4n) is 2.13. The summed E-state index contributed by atoms with van der Waals surface area (Å²) in [6.07, 6.45) is 1.08. The van der Waals surface area contributed by atoms with Gasteiger partial charge in [0.05, 0.1) is 18.4 Å². The van der Waals surface area contributed by atoms with Gasteiger partial charge in [-0.3, -0.25) is 0 Å². The van der Waals surface area contributed by atoms with Crippen LogP contribution in [-0.4, -0.2) is 36.7 Å². The van der Waals surface area contributed by atoms with Crippen LogP contribution < -0.4 is 0 Å². The molecule has 2 unspecified atom stereocenters. The lowest BCUT2D eigenvalue weighted by molar-refractivity contribution is 0.188. The molecule has 0 spiro atoms. The molecule has 0 aromatic heterocycles. The van der Waals surface area contributed by atoms with E-state index in [0.717, 1.165) is 5.56 Å². The van der Waals surface area contributed by atoms with Crippen LogP contribution in [0.4, 0.5) is 0 Å². The Bertz CT molecular complexity index is 457. The van der Waals surface area contributed by atoms with E-state index in [4.69, 9.17) is 0 Å². The maximum absolute atomic E-state index is 11.6. The third kappa shape index (κ3) is 2.26. The largest absolute Gasteiger partial charge is 0.392 e. The van der Waals surface area contributed by atoms with Crippen molar-refractivity contribution in [3.05, 3.63) is 35.9 Å². The van der Waals surface area contributed by atoms with Crippen LogP contribution in [0.25, 0.3) is 0 Å². The zero-order chi connectivity index (χ0) is 11.8. The fraction of sp³-hybridized carbons (Fsp3) is 0.455. The highest BCUT2D eigenvalue weighted by Gasteiger charge is 2.37. The van der Waals surface area contributed by atoms with Gasteiger partial charge in [-0.2, -0.15) is 4.31 Å². The van der Waals surface area contributed by atoms with Crippen LogP contribution in [0.5, 0.6) is 0 Å². The summed E-state index contributed by atoms with van der Waals surface area (Å²) in [7, 11) is -3.26. The normalized spacial score (nSPS) is 27.1. The van der Waals surface area contributed by atoms with Gasteiger partial charge < -0.3 is 5.11 Å². The highest BCUT2D eigenvalue weighted by molar-refractivity contribution is 7.88. The topological polar surface area (TPSA) is 57.6 Å². The van der Waals surface area contributed by atoms with Crippen LogP contribution in [0.1, 0.15) is 18.0 Å². The summed E-state index contributed by atoms with van der Waals surface area (Å²) in [6, 6.07) is 9.19. The van der Waals surface area contributed by atoms with E-state index in [1.54, 1.807) is 0 Å². The Hall–Kier alpha value is -0.910. The Labute approximate surface area is 95.6 Å². The van der Waals surface area contributed by atoms with Gasteiger partial charge in [-0.05, 0) is 12.0 Å². The number of hydrogen-bond donors (Lipinski definition) is 1. The molecule has 16 heavy (non-hydrogen) atoms. The van der Waals surface area contributed by atoms with Gasteiger partial charge in [0, 0.05) is 6.54 Å². The highest BCUT2D eigenvalue weighted by Crippen LogP contribution is 2.33. The van der Waals surface area contributed by atoms with Crippen LogP contribution >= 0.6 is 0 Å². The van der Waals surface area contributed by atoms with E-state index < -0.39 is 16.1 Å². The summed E-state index contributed by atoms with van der Waals surface area (Å²) >= 11 is 0. The third-order valence-electron chi connectivity index (χ3n) is 2.84. The standard InChI is InChI=1S/C11H15NO3S/c1-16(14,15)12-8-10(13)7-11(12)9-5-3-2-4-6-9/h2-6,10-11,13H,7-8H2,1H3. The zero-order valence-corrected chi connectivity index (χ0v) is 9.89. The van der Waals surface area contributed by atoms with Gasteiger partial charge in [-0.15, -0.1) is 0 Å². The molecular weight excluding hydrogens is 226 g/mol. The second-order valence-electron chi connectivity index (χ2n) is 4.15. The lowest BCUT2D eigenvalue weighted by Crippen LogP contribution is -2.30. The summed E-state index contributed by atoms with van der Waals surface area (Å²) in [4.78, 5) is 0. The molecule has 1 aromatic rings. The molecule has 0 bridgehead atoms. The molecule has 0 amide bonds. The Morgan fingerprint density at radius 2 is 1.94 bits per heavy atom. The molecule has 0 saturated carbocycles. The van der Waals surface area contributed by atoms with Crippen molar-refractivity contribution in [1.29, 1.82) is 0 Å². The van der Waals surface area contributed by atoms with Crippen LogP contribution in [0, 0.1) is 0 Å². The molecule has 0 radical (unpaired) electrons. The van der Waals surface area contributed by atoms with Gasteiger partial charge >= 0.3 is 0 Å². The first-order valence-corrected chi connectivity index (χ1v) is 7.03. The Morgan fingerprint density at radius 1 is 1.31 bits per heavy atom. The van der Waals surface area contributed by atoms with Gasteiger partial charge in [0.2, 0.25) is 10.0 Å². The van der Waals surface area contributed by atoms with E-state index in [1.165, 1.54) is 10.6 Å². The summed E-state index contributed by atoms with van der Waals surface area (Å²) in [5, 5.41) is 9.59. The number of aliphatic hydroxyl groups is 1. The van der Waals surface area contributed by atoms with Gasteiger partial charge in [0.25, 0.3) is 0 Å². The van der Waals surface area contributed by atoms with Crippen molar-refractivity contribution in [2.45, 2.75) is 18.6 Å². The van der Waals surface area contributed by atoms with Crippen LogP contribution in [-0.2, 0) is 10.0 Å². The van der Waals surface area contributed by atoms with Crippen molar-refractivity contribution >= 4 is 10.0 Å². The number of nitrogens with zero attached hydrogens (tertiary/aromatic N) is 1. The van der Waals surface area contributed by atoms with E-state index in [9.17, 15) is 13.5 Å². The second kappa shape index (κ2) is 4.16. The van der Waals surface area contributed by atoms with Crippen molar-refractivity contribution in [2.24, 2.45) is 0 Å². The molecule has 1 heterocycles. The van der Waals surface area contributed by atoms with Crippen molar-refractivity contribution in [2.75, 3.05) is 12.8 Å². The Kier molecular flexibility index (Phi) is 3.01. The lowest BCUT2D eigenvalue weighted by atomic mass is 10.1. The zero-order valence-electron chi connectivity index (χ0n) is 9.07. The molecule has 4 nitrogen and oxygen atoms in total. The quantitative estimate of drug-likeness (QED) is 0.831. The molecular formula is C11H15NO3S. The van der Waals surface area contributed by atoms with Gasteiger partial charge in [0.1, 0.15) is 0 Å². The van der Waals surface area contributed by atoms with Crippen LogP contribution in [0.2, 0.25) is 0 Å². The number of aliphatic hydroxyl groups excluding tert-OH is 1. The van der Waals surface area contributed by atoms with Gasteiger partial charge in [0.15, 0.2) is 0 Å². The van der Waals surface area contributed by atoms with E-state index in [2.05, 4.69) is 0 Å². The first kappa shape index (κ1) is 11.6. The summed E-state index contributed by atoms with van der Waals surface area (Å²) in [5.74, 6) is 0. The van der Waals surface area contributed by atoms with Crippen molar-refractivity contribution in [3.8, 4) is 0 Å². The predicted octanol–water partition coefficient (Wildman–Crippen LogP) is 0.754. The molecule has 1 saturated heterocycles. The molecule has 88 valence electrons. The minimum Gasteiger partial charge on any atom is -0.392 e. The minimum absolute atomic E-state index is 0.193. The van der Waals surface area contributed by atoms with Crippen molar-refractivity contribution in [3.63, 3.8) is 0 Å². The molecule has 1 aliphatic heterocycles. The average molecular weight is 241 g/mol. The number of sulfonamides is 1. The SMILES string of the molecule is CS(=O)(=O)N1CC(O)CC1c1ccccc1. The van der Waals surface area contributed by atoms with Gasteiger partial charge in [-0.1, -0.05) is 30.3 Å². The summed E-state index contributed by atoms with van der Waals surface area (Å²) < 4.78 is 24.5. The highest BCUT2D eigenvalue weighted by atomic mass is 32.2. The minimum atomic E-state index is -3.26. The van der Waals surface area contributed by atoms with E-state index in [0.29, 0.717) is 6.42 Å². The smallest absolute Gasteiger partial charge is 0.211 e. The summed E-state index contributed by atoms with van der Waals surface area (Å²) in [6.45, 7) is 0.193. The van der Waals surface area contributed by atoms with Crippen LogP contribution in [0.3, 0.4) is 0 Å². The molecule has 1 fully saturated rings. The fourth-order valence-corrected chi connectivity index (χ4v) is 3.24. The van der Waals surface area contributed by atoms with E-state index in [1.807, 2.05) is 30.3 Å². The molecule has 1 aliphatic rings. The predicted molar refractivity (Wildman–Crippen MR) is 61.4 cm³/mol. The van der Waals surface area contributed by atoms with E-state index >= 15 is 0 Å². The molecule has 1 aromatic carbocycles. The lowest BCUT2D eigenvalue weighted by Gasteiger charge is -2.21. The maximum Gasteiger partial charge on any atom is 0.211 e. The number of rotatable bonds is 2. The van der Waals surface area contributed by atoms with E-state index in [-0.39, 0.29) is 12.6 Å². The van der Waals surface area contributed by atoms with Gasteiger partial charge in [-0.25, -0.2) is 8.42 Å². The Balaban J connectivity index is 2.33. The first-order valence-electron chi connectivity index (χ1n) is 5.18. The summed E-state index contributed by atoms with van der Waals surface area (Å²) in [5.41, 5.74) is 0.935. The van der Waals surface area contributed by atoms with Crippen molar-refractivity contribution in [1.82, 2.24) is 4.31 Å². The molecule has 2 rings (SSSR count). The molecule has 0 aliphatic carbocycles. The van der Waals surface area contributed by atoms with Crippen LogP contribution in [0.15, 0.2) is 30.3 Å². The monoisotopic (exact) mass is 241 g/mol. The number of β-amino-alcohol motifs (C(OH)–C–C–N with tert-alkyl or cyclic N) is 1. The van der Waals surface area contributed by atoms with Crippen molar-refractivity contribution < 1.29 is 13.5 Å².